The van der Waals surface area contributed by atoms with E-state index in [1.807, 2.05) is 12.3 Å². The lowest BCUT2D eigenvalue weighted by molar-refractivity contribution is -0.117. The fraction of sp³-hybridized carbons (Fsp3) is 0.467. The van der Waals surface area contributed by atoms with Crippen LogP contribution in [0.1, 0.15) is 36.4 Å². The monoisotopic (exact) mass is 365 g/mol. The van der Waals surface area contributed by atoms with Gasteiger partial charge in [0, 0.05) is 23.4 Å². The molecule has 7 nitrogen and oxygen atoms in total. The SMILES string of the molecule is CC(=O)Nc1nc([C@H]2CCCN2CC(=O)Nc2ncc(C)s2)cs1. The molecule has 1 aliphatic rings. The summed E-state index contributed by atoms with van der Waals surface area (Å²) in [6, 6.07) is 0.118. The second-order valence-electron chi connectivity index (χ2n) is 5.71. The van der Waals surface area contributed by atoms with Crippen LogP contribution in [0.3, 0.4) is 0 Å². The number of likely N-dealkylation sites (tertiary alicyclic amines) is 1. The molecule has 2 N–H and O–H groups in total. The number of rotatable bonds is 5. The fourth-order valence-electron chi connectivity index (χ4n) is 2.75. The molecule has 2 aromatic rings. The van der Waals surface area contributed by atoms with Gasteiger partial charge in [-0.05, 0) is 26.3 Å². The number of carbonyl (C=O) groups is 2. The van der Waals surface area contributed by atoms with E-state index in [-0.39, 0.29) is 17.9 Å². The number of carbonyl (C=O) groups excluding carboxylic acids is 2. The third-order valence-corrected chi connectivity index (χ3v) is 5.33. The van der Waals surface area contributed by atoms with Crippen LogP contribution in [-0.4, -0.2) is 39.8 Å². The second-order valence-corrected chi connectivity index (χ2v) is 7.80. The smallest absolute Gasteiger partial charge is 0.240 e. The van der Waals surface area contributed by atoms with Gasteiger partial charge in [0.25, 0.3) is 0 Å². The van der Waals surface area contributed by atoms with Gasteiger partial charge in [0.1, 0.15) is 0 Å². The molecule has 2 aromatic heterocycles. The van der Waals surface area contributed by atoms with Crippen molar-refractivity contribution >= 4 is 44.8 Å². The Hall–Kier alpha value is -1.84. The molecular weight excluding hydrogens is 346 g/mol. The first-order chi connectivity index (χ1) is 11.5. The van der Waals surface area contributed by atoms with Gasteiger partial charge in [-0.25, -0.2) is 9.97 Å². The highest BCUT2D eigenvalue weighted by molar-refractivity contribution is 7.15. The average molecular weight is 365 g/mol. The Labute approximate surface area is 148 Å². The Kier molecular flexibility index (Phi) is 5.22. The van der Waals surface area contributed by atoms with E-state index >= 15 is 0 Å². The van der Waals surface area contributed by atoms with E-state index in [0.29, 0.717) is 16.8 Å². The molecule has 1 saturated heterocycles. The zero-order chi connectivity index (χ0) is 17.1. The summed E-state index contributed by atoms with van der Waals surface area (Å²) >= 11 is 2.88. The fourth-order valence-corrected chi connectivity index (χ4v) is 4.24. The van der Waals surface area contributed by atoms with Gasteiger partial charge in [-0.1, -0.05) is 0 Å². The van der Waals surface area contributed by atoms with E-state index in [4.69, 9.17) is 0 Å². The Morgan fingerprint density at radius 3 is 2.92 bits per heavy atom. The van der Waals surface area contributed by atoms with E-state index in [2.05, 4.69) is 25.5 Å². The maximum atomic E-state index is 12.2. The Balaban J connectivity index is 1.61. The number of aryl methyl sites for hydroxylation is 1. The Morgan fingerprint density at radius 2 is 2.21 bits per heavy atom. The van der Waals surface area contributed by atoms with Crippen molar-refractivity contribution in [2.45, 2.75) is 32.7 Å². The summed E-state index contributed by atoms with van der Waals surface area (Å²) in [6.45, 7) is 4.60. The number of hydrogen-bond acceptors (Lipinski definition) is 7. The lowest BCUT2D eigenvalue weighted by Gasteiger charge is -2.22. The minimum absolute atomic E-state index is 0.0615. The third-order valence-electron chi connectivity index (χ3n) is 3.72. The molecule has 0 unspecified atom stereocenters. The molecule has 9 heteroatoms. The van der Waals surface area contributed by atoms with Gasteiger partial charge in [0.05, 0.1) is 18.3 Å². The van der Waals surface area contributed by atoms with Crippen molar-refractivity contribution in [3.05, 3.63) is 22.1 Å². The molecule has 0 radical (unpaired) electrons. The molecule has 24 heavy (non-hydrogen) atoms. The van der Waals surface area contributed by atoms with Gasteiger partial charge in [0.15, 0.2) is 10.3 Å². The molecule has 0 aliphatic carbocycles. The van der Waals surface area contributed by atoms with Crippen LogP contribution in [0.4, 0.5) is 10.3 Å². The Bertz CT molecular complexity index is 742. The van der Waals surface area contributed by atoms with Crippen LogP contribution < -0.4 is 10.6 Å². The van der Waals surface area contributed by atoms with Gasteiger partial charge in [0.2, 0.25) is 11.8 Å². The van der Waals surface area contributed by atoms with E-state index in [1.165, 1.54) is 29.6 Å². The molecule has 0 saturated carbocycles. The number of nitrogens with zero attached hydrogens (tertiary/aromatic N) is 3. The standard InChI is InChI=1S/C15H19N5O2S2/c1-9-6-16-14(24-9)19-13(22)7-20-5-3-4-12(20)11-8-23-15(18-11)17-10(2)21/h6,8,12H,3-5,7H2,1-2H3,(H,16,19,22)(H,17,18,21)/t12-/m1/s1. The predicted octanol–water partition coefficient (Wildman–Crippen LogP) is 2.64. The number of hydrogen-bond donors (Lipinski definition) is 2. The zero-order valence-electron chi connectivity index (χ0n) is 13.5. The van der Waals surface area contributed by atoms with Crippen molar-refractivity contribution in [2.24, 2.45) is 0 Å². The number of thiazole rings is 2. The number of anilines is 2. The van der Waals surface area contributed by atoms with Gasteiger partial charge in [-0.15, -0.1) is 22.7 Å². The van der Waals surface area contributed by atoms with Crippen molar-refractivity contribution in [2.75, 3.05) is 23.7 Å². The maximum absolute atomic E-state index is 12.2. The highest BCUT2D eigenvalue weighted by Crippen LogP contribution is 2.33. The molecular formula is C15H19N5O2S2. The largest absolute Gasteiger partial charge is 0.302 e. The van der Waals surface area contributed by atoms with Gasteiger partial charge >= 0.3 is 0 Å². The summed E-state index contributed by atoms with van der Waals surface area (Å²) in [5, 5.41) is 8.74. The summed E-state index contributed by atoms with van der Waals surface area (Å²) in [5.41, 5.74) is 0.916. The molecule has 1 atom stereocenters. The summed E-state index contributed by atoms with van der Waals surface area (Å²) in [7, 11) is 0. The topological polar surface area (TPSA) is 87.2 Å². The van der Waals surface area contributed by atoms with Crippen molar-refractivity contribution in [3.63, 3.8) is 0 Å². The molecule has 3 rings (SSSR count). The van der Waals surface area contributed by atoms with Gasteiger partial charge in [-0.3, -0.25) is 14.5 Å². The van der Waals surface area contributed by atoms with Gasteiger partial charge in [-0.2, -0.15) is 0 Å². The van der Waals surface area contributed by atoms with Gasteiger partial charge < -0.3 is 10.6 Å². The average Bonchev–Trinajstić information content (AvgIpc) is 3.20. The van der Waals surface area contributed by atoms with Crippen molar-refractivity contribution in [1.82, 2.24) is 14.9 Å². The Morgan fingerprint density at radius 1 is 1.38 bits per heavy atom. The molecule has 2 amide bonds. The molecule has 0 bridgehead atoms. The number of nitrogens with one attached hydrogen (secondary N) is 2. The number of amides is 2. The first-order valence-electron chi connectivity index (χ1n) is 7.70. The lowest BCUT2D eigenvalue weighted by Crippen LogP contribution is -2.33. The third kappa shape index (κ3) is 4.16. The summed E-state index contributed by atoms with van der Waals surface area (Å²) in [5.74, 6) is -0.189. The van der Waals surface area contributed by atoms with Crippen LogP contribution in [0.15, 0.2) is 11.6 Å². The normalized spacial score (nSPS) is 17.8. The number of aromatic nitrogens is 2. The van der Waals surface area contributed by atoms with Crippen molar-refractivity contribution < 1.29 is 9.59 Å². The summed E-state index contributed by atoms with van der Waals surface area (Å²) < 4.78 is 0. The van der Waals surface area contributed by atoms with E-state index in [0.717, 1.165) is 30.0 Å². The first-order valence-corrected chi connectivity index (χ1v) is 9.40. The van der Waals surface area contributed by atoms with Crippen LogP contribution in [-0.2, 0) is 9.59 Å². The van der Waals surface area contributed by atoms with E-state index in [9.17, 15) is 9.59 Å². The summed E-state index contributed by atoms with van der Waals surface area (Å²) in [4.78, 5) is 35.2. The van der Waals surface area contributed by atoms with E-state index in [1.54, 1.807) is 6.20 Å². The quantitative estimate of drug-likeness (QED) is 0.850. The molecule has 1 fully saturated rings. The van der Waals surface area contributed by atoms with Crippen LogP contribution in [0.5, 0.6) is 0 Å². The van der Waals surface area contributed by atoms with Crippen molar-refractivity contribution in [3.8, 4) is 0 Å². The van der Waals surface area contributed by atoms with Crippen LogP contribution in [0.2, 0.25) is 0 Å². The zero-order valence-corrected chi connectivity index (χ0v) is 15.2. The molecule has 3 heterocycles. The van der Waals surface area contributed by atoms with Crippen LogP contribution >= 0.6 is 22.7 Å². The van der Waals surface area contributed by atoms with Crippen LogP contribution in [0.25, 0.3) is 0 Å². The second kappa shape index (κ2) is 7.37. The highest BCUT2D eigenvalue weighted by Gasteiger charge is 2.29. The molecule has 128 valence electrons. The predicted molar refractivity (Wildman–Crippen MR) is 95.4 cm³/mol. The molecule has 1 aliphatic heterocycles. The van der Waals surface area contributed by atoms with Crippen molar-refractivity contribution in [1.29, 1.82) is 0 Å². The van der Waals surface area contributed by atoms with Crippen LogP contribution in [0, 0.1) is 6.92 Å². The summed E-state index contributed by atoms with van der Waals surface area (Å²) in [6.07, 6.45) is 3.74. The first kappa shape index (κ1) is 17.0. The molecule has 0 spiro atoms. The minimum atomic E-state index is -0.128. The molecule has 0 aromatic carbocycles. The minimum Gasteiger partial charge on any atom is -0.302 e. The lowest BCUT2D eigenvalue weighted by atomic mass is 10.2. The maximum Gasteiger partial charge on any atom is 0.240 e. The highest BCUT2D eigenvalue weighted by atomic mass is 32.1. The van der Waals surface area contributed by atoms with E-state index < -0.39 is 0 Å².